The Labute approximate surface area is 224 Å². The van der Waals surface area contributed by atoms with E-state index in [-0.39, 0.29) is 18.3 Å². The Morgan fingerprint density at radius 3 is 2.77 bits per heavy atom. The maximum absolute atomic E-state index is 13.7. The quantitative estimate of drug-likeness (QED) is 0.151. The topological polar surface area (TPSA) is 185 Å². The van der Waals surface area contributed by atoms with E-state index in [1.54, 1.807) is 48.9 Å². The Morgan fingerprint density at radius 1 is 1.36 bits per heavy atom. The lowest BCUT2D eigenvalue weighted by atomic mass is 10.0. The highest BCUT2D eigenvalue weighted by molar-refractivity contribution is 7.52. The van der Waals surface area contributed by atoms with Gasteiger partial charge in [-0.3, -0.25) is 13.9 Å². The standard InChI is InChI=1S/C24H30N7O7P/c1-5-16-19(32)17(37-22(16)31-13-27-18-20(26-4)28-24(25)29-21(18)31)12-36-39(34,30-14(3)23(33)35-6-2)38-15-10-8-7-9-11-15/h1,7-11,13-14,16-17,19,22,32H,6,12H2,2-4H3,(H,30,34)(H3,25,26,28,29)/t14-,16+,17-,19+,22-,39-/m1/s1. The van der Waals surface area contributed by atoms with Gasteiger partial charge in [0, 0.05) is 7.05 Å². The second kappa shape index (κ2) is 12.0. The van der Waals surface area contributed by atoms with Crippen molar-refractivity contribution in [2.75, 3.05) is 31.3 Å². The van der Waals surface area contributed by atoms with E-state index in [9.17, 15) is 14.5 Å². The Balaban J connectivity index is 1.56. The number of anilines is 2. The second-order valence-electron chi connectivity index (χ2n) is 8.55. The van der Waals surface area contributed by atoms with Crippen LogP contribution in [0.15, 0.2) is 36.7 Å². The number of nitrogens with one attached hydrogen (secondary N) is 2. The number of carbonyl (C=O) groups excluding carboxylic acids is 1. The van der Waals surface area contributed by atoms with Crippen LogP contribution in [0.4, 0.5) is 11.8 Å². The van der Waals surface area contributed by atoms with Crippen LogP contribution < -0.4 is 20.7 Å². The number of hydrogen-bond acceptors (Lipinski definition) is 12. The van der Waals surface area contributed by atoms with E-state index < -0.39 is 50.7 Å². The molecule has 3 aromatic rings. The number of terminal acetylenes is 1. The summed E-state index contributed by atoms with van der Waals surface area (Å²) in [6.45, 7) is 2.86. The zero-order chi connectivity index (χ0) is 28.2. The number of aliphatic hydroxyl groups excluding tert-OH is 1. The number of ether oxygens (including phenoxy) is 2. The molecule has 39 heavy (non-hydrogen) atoms. The molecule has 0 spiro atoms. The van der Waals surface area contributed by atoms with Crippen molar-refractivity contribution in [3.05, 3.63) is 36.7 Å². The third-order valence-corrected chi connectivity index (χ3v) is 7.53. The zero-order valence-electron chi connectivity index (χ0n) is 21.6. The fraction of sp³-hybridized carbons (Fsp3) is 0.417. The summed E-state index contributed by atoms with van der Waals surface area (Å²) < 4.78 is 37.6. The minimum Gasteiger partial charge on any atom is -0.465 e. The number of imidazole rings is 1. The van der Waals surface area contributed by atoms with Crippen molar-refractivity contribution in [2.24, 2.45) is 5.92 Å². The van der Waals surface area contributed by atoms with Crippen molar-refractivity contribution in [3.8, 4) is 18.1 Å². The first kappa shape index (κ1) is 28.3. The van der Waals surface area contributed by atoms with Gasteiger partial charge in [0.1, 0.15) is 24.0 Å². The summed E-state index contributed by atoms with van der Waals surface area (Å²) in [4.78, 5) is 24.9. The number of nitrogens with two attached hydrogens (primary N) is 1. The van der Waals surface area contributed by atoms with Crippen molar-refractivity contribution < 1.29 is 33.0 Å². The predicted molar refractivity (Wildman–Crippen MR) is 141 cm³/mol. The molecule has 208 valence electrons. The number of fused-ring (bicyclic) bond motifs is 1. The van der Waals surface area contributed by atoms with Crippen molar-refractivity contribution >= 4 is 36.6 Å². The van der Waals surface area contributed by atoms with Crippen LogP contribution in [0.3, 0.4) is 0 Å². The largest absolute Gasteiger partial charge is 0.465 e. The van der Waals surface area contributed by atoms with Crippen molar-refractivity contribution in [1.29, 1.82) is 0 Å². The van der Waals surface area contributed by atoms with Gasteiger partial charge in [-0.1, -0.05) is 24.1 Å². The average Bonchev–Trinajstić information content (AvgIpc) is 3.47. The molecule has 0 unspecified atom stereocenters. The number of para-hydroxylation sites is 1. The number of aromatic nitrogens is 4. The van der Waals surface area contributed by atoms with Gasteiger partial charge in [0.15, 0.2) is 23.2 Å². The number of rotatable bonds is 11. The molecule has 0 saturated carbocycles. The number of carbonyl (C=O) groups is 1. The molecule has 5 N–H and O–H groups in total. The van der Waals surface area contributed by atoms with Gasteiger partial charge in [-0.25, -0.2) is 9.55 Å². The fourth-order valence-electron chi connectivity index (χ4n) is 4.03. The Morgan fingerprint density at radius 2 is 2.10 bits per heavy atom. The molecule has 0 aliphatic carbocycles. The molecule has 4 rings (SSSR count). The zero-order valence-corrected chi connectivity index (χ0v) is 22.4. The van der Waals surface area contributed by atoms with Gasteiger partial charge in [-0.05, 0) is 26.0 Å². The normalized spacial score (nSPS) is 23.1. The van der Waals surface area contributed by atoms with Crippen LogP contribution in [-0.2, 0) is 23.4 Å². The van der Waals surface area contributed by atoms with Gasteiger partial charge in [-0.2, -0.15) is 15.1 Å². The number of esters is 1. The van der Waals surface area contributed by atoms with Gasteiger partial charge in [0.2, 0.25) is 5.95 Å². The van der Waals surface area contributed by atoms with Crippen LogP contribution in [0.1, 0.15) is 20.1 Å². The van der Waals surface area contributed by atoms with E-state index >= 15 is 0 Å². The second-order valence-corrected chi connectivity index (χ2v) is 10.2. The molecule has 0 amide bonds. The molecular weight excluding hydrogens is 529 g/mol. The van der Waals surface area contributed by atoms with E-state index in [2.05, 4.69) is 31.3 Å². The first-order valence-electron chi connectivity index (χ1n) is 12.1. The highest BCUT2D eigenvalue weighted by Gasteiger charge is 2.46. The summed E-state index contributed by atoms with van der Waals surface area (Å²) in [5.74, 6) is 1.71. The highest BCUT2D eigenvalue weighted by Crippen LogP contribution is 2.46. The summed E-state index contributed by atoms with van der Waals surface area (Å²) in [5, 5.41) is 16.5. The highest BCUT2D eigenvalue weighted by atomic mass is 31.2. The van der Waals surface area contributed by atoms with E-state index in [0.29, 0.717) is 17.0 Å². The number of nitrogens with zero attached hydrogens (tertiary/aromatic N) is 4. The molecular formula is C24H30N7O7P. The molecule has 14 nitrogen and oxygen atoms in total. The number of nitrogen functional groups attached to an aromatic ring is 1. The van der Waals surface area contributed by atoms with Crippen LogP contribution in [0.5, 0.6) is 5.75 Å². The minimum atomic E-state index is -4.18. The minimum absolute atomic E-state index is 0.00470. The number of aliphatic hydroxyl groups is 1. The SMILES string of the molecule is C#C[C@H]1[C@H](O)[C@@H](CO[P@](=O)(N[C@H](C)C(=O)OCC)Oc2ccccc2)O[C@H]1n1cnc2c(NC)nc(N)nc21. The molecule has 0 bridgehead atoms. The monoisotopic (exact) mass is 559 g/mol. The Hall–Kier alpha value is -3.73. The van der Waals surface area contributed by atoms with Crippen LogP contribution >= 0.6 is 7.75 Å². The maximum Gasteiger partial charge on any atom is 0.459 e. The Bertz CT molecular complexity index is 1400. The summed E-state index contributed by atoms with van der Waals surface area (Å²) in [5.41, 5.74) is 6.62. The lowest BCUT2D eigenvalue weighted by molar-refractivity contribution is -0.144. The summed E-state index contributed by atoms with van der Waals surface area (Å²) in [6, 6.07) is 7.26. The van der Waals surface area contributed by atoms with Crippen LogP contribution in [0.2, 0.25) is 0 Å². The molecule has 6 atom stereocenters. The average molecular weight is 560 g/mol. The number of hydrogen-bond donors (Lipinski definition) is 4. The van der Waals surface area contributed by atoms with Gasteiger partial charge < -0.3 is 30.2 Å². The lowest BCUT2D eigenvalue weighted by Crippen LogP contribution is -2.36. The van der Waals surface area contributed by atoms with Crippen LogP contribution in [-0.4, -0.2) is 69.1 Å². The van der Waals surface area contributed by atoms with Crippen molar-refractivity contribution in [1.82, 2.24) is 24.6 Å². The van der Waals surface area contributed by atoms with Gasteiger partial charge >= 0.3 is 13.7 Å². The van der Waals surface area contributed by atoms with E-state index in [4.69, 9.17) is 30.7 Å². The van der Waals surface area contributed by atoms with Crippen molar-refractivity contribution in [3.63, 3.8) is 0 Å². The molecule has 15 heteroatoms. The third-order valence-electron chi connectivity index (χ3n) is 5.88. The van der Waals surface area contributed by atoms with Gasteiger partial charge in [0.25, 0.3) is 0 Å². The molecule has 1 aliphatic heterocycles. The first-order valence-corrected chi connectivity index (χ1v) is 13.6. The van der Waals surface area contributed by atoms with Gasteiger partial charge in [0.05, 0.1) is 25.5 Å². The molecule has 0 radical (unpaired) electrons. The third kappa shape index (κ3) is 6.13. The summed E-state index contributed by atoms with van der Waals surface area (Å²) in [6.07, 6.45) is 4.06. The number of benzene rings is 1. The van der Waals surface area contributed by atoms with Crippen LogP contribution in [0, 0.1) is 18.3 Å². The summed E-state index contributed by atoms with van der Waals surface area (Å²) >= 11 is 0. The first-order chi connectivity index (χ1) is 18.7. The van der Waals surface area contributed by atoms with Gasteiger partial charge in [-0.15, -0.1) is 6.42 Å². The van der Waals surface area contributed by atoms with Crippen LogP contribution in [0.25, 0.3) is 11.2 Å². The molecule has 2 aromatic heterocycles. The Kier molecular flexibility index (Phi) is 8.69. The predicted octanol–water partition coefficient (Wildman–Crippen LogP) is 1.70. The molecule has 1 saturated heterocycles. The molecule has 1 aliphatic rings. The maximum atomic E-state index is 13.7. The lowest BCUT2D eigenvalue weighted by Gasteiger charge is -2.24. The summed E-state index contributed by atoms with van der Waals surface area (Å²) in [7, 11) is -2.51. The van der Waals surface area contributed by atoms with E-state index in [1.807, 2.05) is 0 Å². The molecule has 1 fully saturated rings. The molecule has 3 heterocycles. The van der Waals surface area contributed by atoms with E-state index in [0.717, 1.165) is 0 Å². The smallest absolute Gasteiger partial charge is 0.459 e. The molecule has 1 aromatic carbocycles. The fourth-order valence-corrected chi connectivity index (χ4v) is 5.54. The van der Waals surface area contributed by atoms with E-state index in [1.165, 1.54) is 13.3 Å². The van der Waals surface area contributed by atoms with Crippen molar-refractivity contribution in [2.45, 2.75) is 38.3 Å².